The fourth-order valence-electron chi connectivity index (χ4n) is 3.11. The van der Waals surface area contributed by atoms with Crippen LogP contribution in [0.3, 0.4) is 0 Å². The van der Waals surface area contributed by atoms with Crippen LogP contribution in [0.2, 0.25) is 0 Å². The molecule has 0 fully saturated rings. The van der Waals surface area contributed by atoms with E-state index in [9.17, 15) is 28.1 Å². The Morgan fingerprint density at radius 2 is 1.84 bits per heavy atom. The van der Waals surface area contributed by atoms with Crippen molar-refractivity contribution < 1.29 is 22.9 Å². The number of hydrogen-bond donors (Lipinski definition) is 0. The Hall–Kier alpha value is -2.96. The molecule has 0 N–H and O–H groups in total. The first kappa shape index (κ1) is 16.9. The van der Waals surface area contributed by atoms with Crippen molar-refractivity contribution in [2.45, 2.75) is 18.5 Å². The average Bonchev–Trinajstić information content (AvgIpc) is 2.59. The second-order valence-electron chi connectivity index (χ2n) is 5.75. The number of nitrogens with zero attached hydrogens (tertiary/aromatic N) is 1. The van der Waals surface area contributed by atoms with E-state index in [2.05, 4.69) is 0 Å². The second kappa shape index (κ2) is 6.16. The smallest absolute Gasteiger partial charge is 0.298 e. The Kier molecular flexibility index (Phi) is 4.16. The molecule has 25 heavy (non-hydrogen) atoms. The highest BCUT2D eigenvalue weighted by Gasteiger charge is 2.38. The quantitative estimate of drug-likeness (QED) is 0.465. The SMILES string of the molecule is O=CC1=Cc2cc([N+](=O)[O-])cc(C(F)(F)F)c2C[C@@H]1c1ccccc1. The summed E-state index contributed by atoms with van der Waals surface area (Å²) in [6.07, 6.45) is -2.86. The third kappa shape index (κ3) is 3.17. The lowest BCUT2D eigenvalue weighted by Crippen LogP contribution is -2.18. The fraction of sp³-hybridized carbons (Fsp3) is 0.167. The Labute approximate surface area is 140 Å². The Morgan fingerprint density at radius 1 is 1.16 bits per heavy atom. The van der Waals surface area contributed by atoms with E-state index in [0.717, 1.165) is 11.6 Å². The molecule has 128 valence electrons. The summed E-state index contributed by atoms with van der Waals surface area (Å²) in [6.45, 7) is 0. The van der Waals surface area contributed by atoms with Crippen LogP contribution in [-0.4, -0.2) is 11.2 Å². The van der Waals surface area contributed by atoms with E-state index in [1.165, 1.54) is 6.08 Å². The summed E-state index contributed by atoms with van der Waals surface area (Å²) in [5.41, 5.74) is -0.622. The lowest BCUT2D eigenvalue weighted by atomic mass is 9.78. The summed E-state index contributed by atoms with van der Waals surface area (Å²) in [7, 11) is 0. The lowest BCUT2D eigenvalue weighted by Gasteiger charge is -2.26. The largest absolute Gasteiger partial charge is 0.416 e. The molecule has 0 bridgehead atoms. The highest BCUT2D eigenvalue weighted by molar-refractivity contribution is 5.87. The standard InChI is InChI=1S/C18H12F3NO3/c19-18(20,21)17-8-14(22(24)25)7-12-6-13(10-23)15(9-16(12)17)11-4-2-1-3-5-11/h1-8,10,15H,9H2/t15-/m1/s1. The molecule has 0 saturated heterocycles. The van der Waals surface area contributed by atoms with Gasteiger partial charge in [0, 0.05) is 23.6 Å². The number of aldehydes is 1. The first-order chi connectivity index (χ1) is 11.8. The number of carbonyl (C=O) groups is 1. The van der Waals surface area contributed by atoms with E-state index in [4.69, 9.17) is 0 Å². The van der Waals surface area contributed by atoms with Gasteiger partial charge >= 0.3 is 6.18 Å². The van der Waals surface area contributed by atoms with Gasteiger partial charge in [-0.2, -0.15) is 13.2 Å². The van der Waals surface area contributed by atoms with Gasteiger partial charge in [-0.1, -0.05) is 30.3 Å². The Morgan fingerprint density at radius 3 is 2.40 bits per heavy atom. The van der Waals surface area contributed by atoms with Crippen LogP contribution < -0.4 is 0 Å². The number of fused-ring (bicyclic) bond motifs is 1. The zero-order valence-corrected chi connectivity index (χ0v) is 12.8. The number of benzene rings is 2. The van der Waals surface area contributed by atoms with E-state index in [1.54, 1.807) is 30.3 Å². The molecular weight excluding hydrogens is 335 g/mol. The van der Waals surface area contributed by atoms with Gasteiger partial charge in [0.25, 0.3) is 5.69 Å². The van der Waals surface area contributed by atoms with E-state index < -0.39 is 28.3 Å². The fourth-order valence-corrected chi connectivity index (χ4v) is 3.11. The van der Waals surface area contributed by atoms with Crippen LogP contribution in [0, 0.1) is 10.1 Å². The van der Waals surface area contributed by atoms with Crippen molar-refractivity contribution in [2.75, 3.05) is 0 Å². The molecule has 0 radical (unpaired) electrons. The summed E-state index contributed by atoms with van der Waals surface area (Å²) < 4.78 is 40.2. The van der Waals surface area contributed by atoms with Gasteiger partial charge in [-0.25, -0.2) is 0 Å². The summed E-state index contributed by atoms with van der Waals surface area (Å²) in [5.74, 6) is -0.520. The molecule has 1 atom stereocenters. The molecule has 2 aromatic carbocycles. The van der Waals surface area contributed by atoms with E-state index in [-0.39, 0.29) is 17.5 Å². The molecule has 0 aliphatic heterocycles. The molecule has 0 amide bonds. The molecule has 0 heterocycles. The molecule has 4 nitrogen and oxygen atoms in total. The van der Waals surface area contributed by atoms with Crippen molar-refractivity contribution >= 4 is 18.0 Å². The number of allylic oxidation sites excluding steroid dienone is 1. The van der Waals surface area contributed by atoms with Crippen LogP contribution in [-0.2, 0) is 17.4 Å². The van der Waals surface area contributed by atoms with Crippen molar-refractivity contribution in [3.05, 3.63) is 80.4 Å². The lowest BCUT2D eigenvalue weighted by molar-refractivity contribution is -0.385. The van der Waals surface area contributed by atoms with Gasteiger partial charge < -0.3 is 0 Å². The molecule has 1 aliphatic carbocycles. The normalized spacial score (nSPS) is 16.8. The first-order valence-electron chi connectivity index (χ1n) is 7.41. The minimum atomic E-state index is -4.72. The number of hydrogen-bond acceptors (Lipinski definition) is 3. The molecule has 0 spiro atoms. The number of nitro groups is 1. The number of non-ortho nitro benzene ring substituents is 1. The van der Waals surface area contributed by atoms with Crippen molar-refractivity contribution in [3.63, 3.8) is 0 Å². The maximum atomic E-state index is 13.4. The number of nitro benzene ring substituents is 1. The van der Waals surface area contributed by atoms with E-state index in [1.807, 2.05) is 0 Å². The number of halogens is 3. The zero-order chi connectivity index (χ0) is 18.2. The Bertz CT molecular complexity index is 873. The average molecular weight is 347 g/mol. The monoisotopic (exact) mass is 347 g/mol. The van der Waals surface area contributed by atoms with Crippen LogP contribution in [0.1, 0.15) is 28.2 Å². The predicted molar refractivity (Wildman–Crippen MR) is 85.0 cm³/mol. The third-order valence-electron chi connectivity index (χ3n) is 4.26. The zero-order valence-electron chi connectivity index (χ0n) is 12.8. The van der Waals surface area contributed by atoms with Gasteiger partial charge in [0.1, 0.15) is 6.29 Å². The molecule has 0 saturated carbocycles. The summed E-state index contributed by atoms with van der Waals surface area (Å²) in [4.78, 5) is 21.5. The highest BCUT2D eigenvalue weighted by Crippen LogP contribution is 2.43. The summed E-state index contributed by atoms with van der Waals surface area (Å²) in [6, 6.07) is 10.4. The topological polar surface area (TPSA) is 60.2 Å². The number of rotatable bonds is 3. The van der Waals surface area contributed by atoms with Crippen LogP contribution in [0.25, 0.3) is 6.08 Å². The van der Waals surface area contributed by atoms with Crippen molar-refractivity contribution in [1.29, 1.82) is 0 Å². The van der Waals surface area contributed by atoms with Gasteiger partial charge in [-0.3, -0.25) is 14.9 Å². The third-order valence-corrected chi connectivity index (χ3v) is 4.26. The molecule has 3 rings (SSSR count). The maximum Gasteiger partial charge on any atom is 0.416 e. The molecule has 7 heteroatoms. The molecule has 2 aromatic rings. The summed E-state index contributed by atoms with van der Waals surface area (Å²) in [5, 5.41) is 11.0. The number of carbonyl (C=O) groups excluding carboxylic acids is 1. The predicted octanol–water partition coefficient (Wildman–Crippen LogP) is 4.54. The maximum absolute atomic E-state index is 13.4. The van der Waals surface area contributed by atoms with Crippen LogP contribution >= 0.6 is 0 Å². The highest BCUT2D eigenvalue weighted by atomic mass is 19.4. The van der Waals surface area contributed by atoms with Crippen molar-refractivity contribution in [3.8, 4) is 0 Å². The van der Waals surface area contributed by atoms with Gasteiger partial charge in [0.15, 0.2) is 0 Å². The minimum absolute atomic E-state index is 0.0300. The van der Waals surface area contributed by atoms with Gasteiger partial charge in [0.05, 0.1) is 10.5 Å². The van der Waals surface area contributed by atoms with Crippen LogP contribution in [0.5, 0.6) is 0 Å². The molecular formula is C18H12F3NO3. The van der Waals surface area contributed by atoms with Gasteiger partial charge in [-0.05, 0) is 29.2 Å². The first-order valence-corrected chi connectivity index (χ1v) is 7.41. The van der Waals surface area contributed by atoms with Crippen LogP contribution in [0.4, 0.5) is 18.9 Å². The summed E-state index contributed by atoms with van der Waals surface area (Å²) >= 11 is 0. The Balaban J connectivity index is 2.21. The molecule has 0 aromatic heterocycles. The minimum Gasteiger partial charge on any atom is -0.298 e. The molecule has 1 aliphatic rings. The van der Waals surface area contributed by atoms with Crippen molar-refractivity contribution in [2.24, 2.45) is 0 Å². The second-order valence-corrected chi connectivity index (χ2v) is 5.75. The van der Waals surface area contributed by atoms with Crippen molar-refractivity contribution in [1.82, 2.24) is 0 Å². The number of alkyl halides is 3. The van der Waals surface area contributed by atoms with E-state index >= 15 is 0 Å². The van der Waals surface area contributed by atoms with Gasteiger partial charge in [-0.15, -0.1) is 0 Å². The van der Waals surface area contributed by atoms with E-state index in [0.29, 0.717) is 17.9 Å². The molecule has 0 unspecified atom stereocenters. The van der Waals surface area contributed by atoms with Gasteiger partial charge in [0.2, 0.25) is 0 Å². The van der Waals surface area contributed by atoms with Crippen LogP contribution in [0.15, 0.2) is 48.0 Å².